The Morgan fingerprint density at radius 2 is 2.00 bits per heavy atom. The Morgan fingerprint density at radius 1 is 1.33 bits per heavy atom. The fourth-order valence-corrected chi connectivity index (χ4v) is 2.55. The van der Waals surface area contributed by atoms with Crippen LogP contribution < -0.4 is 10.6 Å². The first-order valence-electron chi connectivity index (χ1n) is 7.40. The number of nitrogens with zero attached hydrogens (tertiary/aromatic N) is 1. The summed E-state index contributed by atoms with van der Waals surface area (Å²) in [5.74, 6) is -1.00. The highest BCUT2D eigenvalue weighted by Crippen LogP contribution is 2.25. The highest BCUT2D eigenvalue weighted by atomic mass is 16.4. The fourth-order valence-electron chi connectivity index (χ4n) is 2.55. The summed E-state index contributed by atoms with van der Waals surface area (Å²) >= 11 is 0. The zero-order valence-electron chi connectivity index (χ0n) is 12.9. The molecule has 1 aliphatic rings. The van der Waals surface area contributed by atoms with Gasteiger partial charge in [0.1, 0.15) is 6.04 Å². The number of carbonyl (C=O) groups excluding carboxylic acids is 2. The van der Waals surface area contributed by atoms with Crippen molar-refractivity contribution in [2.75, 3.05) is 13.1 Å². The van der Waals surface area contributed by atoms with Gasteiger partial charge >= 0.3 is 12.0 Å². The molecule has 1 saturated heterocycles. The Bertz CT molecular complexity index is 398. The van der Waals surface area contributed by atoms with Crippen molar-refractivity contribution in [3.05, 3.63) is 0 Å². The average Bonchev–Trinajstić information content (AvgIpc) is 2.37. The highest BCUT2D eigenvalue weighted by molar-refractivity contribution is 5.95. The molecule has 0 saturated carbocycles. The summed E-state index contributed by atoms with van der Waals surface area (Å²) < 4.78 is 0. The number of amides is 3. The van der Waals surface area contributed by atoms with Crippen LogP contribution in [0.15, 0.2) is 0 Å². The van der Waals surface area contributed by atoms with E-state index >= 15 is 0 Å². The number of urea groups is 1. The number of carbonyl (C=O) groups is 3. The van der Waals surface area contributed by atoms with Crippen LogP contribution in [0.3, 0.4) is 0 Å². The first-order valence-corrected chi connectivity index (χ1v) is 7.40. The van der Waals surface area contributed by atoms with Gasteiger partial charge in [-0.1, -0.05) is 13.3 Å². The van der Waals surface area contributed by atoms with E-state index in [2.05, 4.69) is 10.6 Å². The van der Waals surface area contributed by atoms with Gasteiger partial charge in [-0.3, -0.25) is 19.8 Å². The van der Waals surface area contributed by atoms with Crippen LogP contribution in [-0.4, -0.2) is 53.1 Å². The molecule has 1 heterocycles. The number of carboxylic acid groups (broad SMARTS) is 1. The lowest BCUT2D eigenvalue weighted by Gasteiger charge is -2.36. The van der Waals surface area contributed by atoms with Crippen molar-refractivity contribution < 1.29 is 19.5 Å². The van der Waals surface area contributed by atoms with Gasteiger partial charge in [-0.05, 0) is 39.2 Å². The minimum absolute atomic E-state index is 0.0649. The smallest absolute Gasteiger partial charge is 0.321 e. The van der Waals surface area contributed by atoms with E-state index in [-0.39, 0.29) is 12.6 Å². The van der Waals surface area contributed by atoms with Crippen molar-refractivity contribution in [3.63, 3.8) is 0 Å². The van der Waals surface area contributed by atoms with Gasteiger partial charge < -0.3 is 10.4 Å². The van der Waals surface area contributed by atoms with E-state index in [9.17, 15) is 19.5 Å². The van der Waals surface area contributed by atoms with Gasteiger partial charge in [0, 0.05) is 6.04 Å². The Labute approximate surface area is 125 Å². The molecule has 3 N–H and O–H groups in total. The van der Waals surface area contributed by atoms with Crippen LogP contribution in [0.5, 0.6) is 0 Å². The molecule has 21 heavy (non-hydrogen) atoms. The maximum Gasteiger partial charge on any atom is 0.321 e. The van der Waals surface area contributed by atoms with Gasteiger partial charge in [-0.15, -0.1) is 0 Å². The molecule has 1 rings (SSSR count). The molecule has 0 aliphatic carbocycles. The number of nitrogens with one attached hydrogen (secondary N) is 2. The van der Waals surface area contributed by atoms with Gasteiger partial charge in [0.05, 0.1) is 6.54 Å². The molecule has 120 valence electrons. The SMILES string of the molecule is CCC1CCN(CC(=O)NC(=O)NC(C)C)C(C(=O)O)C1. The molecular formula is C14H25N3O4. The third kappa shape index (κ3) is 5.71. The summed E-state index contributed by atoms with van der Waals surface area (Å²) in [5, 5.41) is 14.1. The zero-order valence-corrected chi connectivity index (χ0v) is 12.9. The van der Waals surface area contributed by atoms with Crippen LogP contribution in [0.2, 0.25) is 0 Å². The van der Waals surface area contributed by atoms with Crippen molar-refractivity contribution >= 4 is 17.9 Å². The van der Waals surface area contributed by atoms with Crippen molar-refractivity contribution in [2.45, 2.75) is 52.1 Å². The first-order chi connectivity index (χ1) is 9.83. The summed E-state index contributed by atoms with van der Waals surface area (Å²) in [6.45, 7) is 6.12. The number of piperidine rings is 1. The van der Waals surface area contributed by atoms with E-state index in [4.69, 9.17) is 0 Å². The van der Waals surface area contributed by atoms with Crippen LogP contribution in [0.25, 0.3) is 0 Å². The zero-order chi connectivity index (χ0) is 16.0. The lowest BCUT2D eigenvalue weighted by atomic mass is 9.89. The maximum atomic E-state index is 11.8. The number of rotatable bonds is 5. The summed E-state index contributed by atoms with van der Waals surface area (Å²) in [6, 6.07) is -1.27. The molecule has 7 heteroatoms. The quantitative estimate of drug-likeness (QED) is 0.697. The standard InChI is InChI=1S/C14H25N3O4/c1-4-10-5-6-17(11(7-10)13(19)20)8-12(18)16-14(21)15-9(2)3/h9-11H,4-8H2,1-3H3,(H,19,20)(H2,15,16,18,21). The topological polar surface area (TPSA) is 98.7 Å². The second-order valence-corrected chi connectivity index (χ2v) is 5.80. The van der Waals surface area contributed by atoms with Gasteiger partial charge in [-0.2, -0.15) is 0 Å². The minimum Gasteiger partial charge on any atom is -0.480 e. The largest absolute Gasteiger partial charge is 0.480 e. The van der Waals surface area contributed by atoms with Crippen molar-refractivity contribution in [1.29, 1.82) is 0 Å². The second kappa shape index (κ2) is 7.97. The van der Waals surface area contributed by atoms with Crippen LogP contribution >= 0.6 is 0 Å². The Kier molecular flexibility index (Phi) is 6.61. The van der Waals surface area contributed by atoms with E-state index < -0.39 is 23.9 Å². The van der Waals surface area contributed by atoms with Crippen LogP contribution in [0, 0.1) is 5.92 Å². The van der Waals surface area contributed by atoms with Gasteiger partial charge in [0.15, 0.2) is 0 Å². The third-order valence-corrected chi connectivity index (χ3v) is 3.70. The number of imide groups is 1. The fraction of sp³-hybridized carbons (Fsp3) is 0.786. The molecule has 2 atom stereocenters. The van der Waals surface area contributed by atoms with Crippen LogP contribution in [0.1, 0.15) is 40.0 Å². The predicted octanol–water partition coefficient (Wildman–Crippen LogP) is 0.796. The summed E-state index contributed by atoms with van der Waals surface area (Å²) in [5.41, 5.74) is 0. The van der Waals surface area contributed by atoms with E-state index in [1.807, 2.05) is 6.92 Å². The predicted molar refractivity (Wildman–Crippen MR) is 77.8 cm³/mol. The molecule has 0 aromatic rings. The lowest BCUT2D eigenvalue weighted by molar-refractivity contribution is -0.146. The molecule has 7 nitrogen and oxygen atoms in total. The Hall–Kier alpha value is -1.63. The Morgan fingerprint density at radius 3 is 2.52 bits per heavy atom. The minimum atomic E-state index is -0.910. The van der Waals surface area contributed by atoms with Gasteiger partial charge in [-0.25, -0.2) is 4.79 Å². The molecule has 0 radical (unpaired) electrons. The molecule has 1 aliphatic heterocycles. The van der Waals surface area contributed by atoms with E-state index in [1.54, 1.807) is 18.7 Å². The van der Waals surface area contributed by atoms with E-state index in [0.29, 0.717) is 18.9 Å². The number of hydrogen-bond acceptors (Lipinski definition) is 4. The monoisotopic (exact) mass is 299 g/mol. The number of likely N-dealkylation sites (tertiary alicyclic amines) is 1. The summed E-state index contributed by atoms with van der Waals surface area (Å²) in [4.78, 5) is 36.2. The van der Waals surface area contributed by atoms with E-state index in [0.717, 1.165) is 12.8 Å². The number of aliphatic carboxylic acids is 1. The molecule has 0 aromatic carbocycles. The van der Waals surface area contributed by atoms with E-state index in [1.165, 1.54) is 0 Å². The van der Waals surface area contributed by atoms with Gasteiger partial charge in [0.2, 0.25) is 5.91 Å². The first kappa shape index (κ1) is 17.4. The molecule has 0 aromatic heterocycles. The lowest BCUT2D eigenvalue weighted by Crippen LogP contribution is -2.52. The molecule has 3 amide bonds. The molecule has 1 fully saturated rings. The maximum absolute atomic E-state index is 11.8. The number of carboxylic acids is 1. The third-order valence-electron chi connectivity index (χ3n) is 3.70. The van der Waals surface area contributed by atoms with Crippen molar-refractivity contribution in [1.82, 2.24) is 15.5 Å². The van der Waals surface area contributed by atoms with Crippen LogP contribution in [0.4, 0.5) is 4.79 Å². The summed E-state index contributed by atoms with van der Waals surface area (Å²) in [6.07, 6.45) is 2.38. The molecular weight excluding hydrogens is 274 g/mol. The molecule has 2 unspecified atom stereocenters. The second-order valence-electron chi connectivity index (χ2n) is 5.80. The van der Waals surface area contributed by atoms with Crippen molar-refractivity contribution in [3.8, 4) is 0 Å². The molecule has 0 spiro atoms. The van der Waals surface area contributed by atoms with Crippen molar-refractivity contribution in [2.24, 2.45) is 5.92 Å². The Balaban J connectivity index is 2.53. The highest BCUT2D eigenvalue weighted by Gasteiger charge is 2.33. The summed E-state index contributed by atoms with van der Waals surface area (Å²) in [7, 11) is 0. The molecule has 0 bridgehead atoms. The van der Waals surface area contributed by atoms with Gasteiger partial charge in [0.25, 0.3) is 0 Å². The number of hydrogen-bond donors (Lipinski definition) is 3. The van der Waals surface area contributed by atoms with Crippen LogP contribution in [-0.2, 0) is 9.59 Å². The normalized spacial score (nSPS) is 22.9. The average molecular weight is 299 g/mol.